The summed E-state index contributed by atoms with van der Waals surface area (Å²) >= 11 is 1.44. The molecule has 1 aromatic carbocycles. The minimum Gasteiger partial charge on any atom is -0.505 e. The highest BCUT2D eigenvalue weighted by Gasteiger charge is 2.25. The van der Waals surface area contributed by atoms with Crippen LogP contribution in [0.4, 0.5) is 0 Å². The van der Waals surface area contributed by atoms with E-state index in [4.69, 9.17) is 9.47 Å². The molecule has 1 aliphatic heterocycles. The van der Waals surface area contributed by atoms with Crippen molar-refractivity contribution in [2.24, 2.45) is 0 Å². The predicted molar refractivity (Wildman–Crippen MR) is 75.8 cm³/mol. The summed E-state index contributed by atoms with van der Waals surface area (Å²) in [5.41, 5.74) is 1.20. The average molecular weight is 276 g/mol. The number of hydrogen-bond donors (Lipinski definition) is 0. The Labute approximate surface area is 117 Å². The van der Waals surface area contributed by atoms with Crippen molar-refractivity contribution in [3.8, 4) is 0 Å². The van der Waals surface area contributed by atoms with Crippen LogP contribution in [0.1, 0.15) is 12.0 Å². The molecular weight excluding hydrogens is 260 g/mol. The molecule has 2 rings (SSSR count). The molecule has 0 fully saturated rings. The molecule has 0 aromatic heterocycles. The van der Waals surface area contributed by atoms with Crippen LogP contribution in [0.3, 0.4) is 0 Å². The smallest absolute Gasteiger partial charge is 0.345 e. The van der Waals surface area contributed by atoms with E-state index < -0.39 is 0 Å². The molecule has 0 N–H and O–H groups in total. The van der Waals surface area contributed by atoms with Crippen LogP contribution in [0.25, 0.3) is 0 Å². The molecule has 0 amide bonds. The standard InChI is InChI=1S/C15H16O3S/c1-11-5-7-13(8-6-11)19-14-10-12(18-15(14)16)4-3-9-17-2/h3,5-10,12H,4H2,1-2H3. The third-order valence-corrected chi connectivity index (χ3v) is 3.68. The van der Waals surface area contributed by atoms with Crippen molar-refractivity contribution in [3.05, 3.63) is 53.1 Å². The van der Waals surface area contributed by atoms with Crippen LogP contribution in [0, 0.1) is 6.92 Å². The largest absolute Gasteiger partial charge is 0.505 e. The molecule has 19 heavy (non-hydrogen) atoms. The molecular formula is C15H16O3S. The van der Waals surface area contributed by atoms with Gasteiger partial charge in [0, 0.05) is 11.3 Å². The number of hydrogen-bond acceptors (Lipinski definition) is 4. The highest BCUT2D eigenvalue weighted by atomic mass is 32.2. The Balaban J connectivity index is 1.99. The highest BCUT2D eigenvalue weighted by molar-refractivity contribution is 8.04. The number of carbonyl (C=O) groups excluding carboxylic acids is 1. The summed E-state index contributed by atoms with van der Waals surface area (Å²) in [6, 6.07) is 8.07. The van der Waals surface area contributed by atoms with Crippen molar-refractivity contribution in [3.63, 3.8) is 0 Å². The number of cyclic esters (lactones) is 1. The normalized spacial score (nSPS) is 18.5. The van der Waals surface area contributed by atoms with Crippen molar-refractivity contribution >= 4 is 17.7 Å². The first-order valence-electron chi connectivity index (χ1n) is 6.04. The Hall–Kier alpha value is -1.68. The molecule has 100 valence electrons. The number of methoxy groups -OCH3 is 1. The fourth-order valence-corrected chi connectivity index (χ4v) is 2.55. The molecule has 1 unspecified atom stereocenters. The van der Waals surface area contributed by atoms with Gasteiger partial charge in [0.15, 0.2) is 0 Å². The first kappa shape index (κ1) is 13.7. The van der Waals surface area contributed by atoms with Crippen LogP contribution >= 0.6 is 11.8 Å². The zero-order valence-corrected chi connectivity index (χ0v) is 11.8. The number of benzene rings is 1. The van der Waals surface area contributed by atoms with Crippen LogP contribution in [0.5, 0.6) is 0 Å². The Morgan fingerprint density at radius 1 is 1.37 bits per heavy atom. The lowest BCUT2D eigenvalue weighted by molar-refractivity contribution is -0.138. The lowest BCUT2D eigenvalue weighted by Crippen LogP contribution is -2.06. The van der Waals surface area contributed by atoms with E-state index in [1.807, 2.05) is 43.3 Å². The van der Waals surface area contributed by atoms with Gasteiger partial charge in [-0.3, -0.25) is 0 Å². The zero-order chi connectivity index (χ0) is 13.7. The summed E-state index contributed by atoms with van der Waals surface area (Å²) in [7, 11) is 1.59. The first-order valence-corrected chi connectivity index (χ1v) is 6.86. The van der Waals surface area contributed by atoms with Crippen molar-refractivity contribution in [1.82, 2.24) is 0 Å². The van der Waals surface area contributed by atoms with E-state index in [2.05, 4.69) is 0 Å². The predicted octanol–water partition coefficient (Wildman–Crippen LogP) is 3.45. The fourth-order valence-electron chi connectivity index (χ4n) is 1.68. The Bertz CT molecular complexity index is 503. The van der Waals surface area contributed by atoms with Crippen molar-refractivity contribution in [2.75, 3.05) is 7.11 Å². The van der Waals surface area contributed by atoms with Crippen molar-refractivity contribution < 1.29 is 14.3 Å². The second-order valence-corrected chi connectivity index (χ2v) is 5.35. The van der Waals surface area contributed by atoms with Gasteiger partial charge in [0.05, 0.1) is 18.3 Å². The quantitative estimate of drug-likeness (QED) is 0.609. The Morgan fingerprint density at radius 2 is 2.11 bits per heavy atom. The van der Waals surface area contributed by atoms with E-state index in [9.17, 15) is 4.79 Å². The maximum atomic E-state index is 11.7. The molecule has 0 radical (unpaired) electrons. The lowest BCUT2D eigenvalue weighted by atomic mass is 10.2. The van der Waals surface area contributed by atoms with Crippen molar-refractivity contribution in [1.29, 1.82) is 0 Å². The number of ether oxygens (including phenoxy) is 2. The molecule has 1 aromatic rings. The SMILES string of the molecule is COC=CCC1C=C(Sc2ccc(C)cc2)C(=O)O1. The number of thioether (sulfide) groups is 1. The number of rotatable bonds is 5. The molecule has 0 saturated carbocycles. The minimum absolute atomic E-state index is 0.188. The molecule has 1 aliphatic rings. The van der Waals surface area contributed by atoms with Gasteiger partial charge in [-0.2, -0.15) is 0 Å². The van der Waals surface area contributed by atoms with Gasteiger partial charge < -0.3 is 9.47 Å². The molecule has 3 nitrogen and oxygen atoms in total. The van der Waals surface area contributed by atoms with Crippen LogP contribution in [-0.4, -0.2) is 19.2 Å². The molecule has 0 spiro atoms. The third-order valence-electron chi connectivity index (χ3n) is 2.65. The molecule has 0 saturated heterocycles. The van der Waals surface area contributed by atoms with E-state index in [1.54, 1.807) is 13.4 Å². The Kier molecular flexibility index (Phi) is 4.68. The maximum Gasteiger partial charge on any atom is 0.345 e. The number of carbonyl (C=O) groups is 1. The second kappa shape index (κ2) is 6.48. The zero-order valence-electron chi connectivity index (χ0n) is 11.0. The van der Waals surface area contributed by atoms with E-state index >= 15 is 0 Å². The van der Waals surface area contributed by atoms with Gasteiger partial charge in [-0.25, -0.2) is 4.79 Å². The van der Waals surface area contributed by atoms with Crippen LogP contribution in [0.15, 0.2) is 52.5 Å². The topological polar surface area (TPSA) is 35.5 Å². The monoisotopic (exact) mass is 276 g/mol. The Morgan fingerprint density at radius 3 is 2.79 bits per heavy atom. The third kappa shape index (κ3) is 3.89. The van der Waals surface area contributed by atoms with Gasteiger partial charge in [0.2, 0.25) is 0 Å². The van der Waals surface area contributed by atoms with Crippen LogP contribution < -0.4 is 0 Å². The summed E-state index contributed by atoms with van der Waals surface area (Å²) < 4.78 is 10.1. The van der Waals surface area contributed by atoms with E-state index in [0.29, 0.717) is 11.3 Å². The second-order valence-electron chi connectivity index (χ2n) is 4.23. The average Bonchev–Trinajstić information content (AvgIpc) is 2.73. The molecule has 0 aliphatic carbocycles. The van der Waals surface area contributed by atoms with E-state index in [-0.39, 0.29) is 12.1 Å². The summed E-state index contributed by atoms with van der Waals surface area (Å²) in [5, 5.41) is 0. The summed E-state index contributed by atoms with van der Waals surface area (Å²) in [6.07, 6.45) is 5.75. The minimum atomic E-state index is -0.249. The molecule has 1 heterocycles. The molecule has 0 bridgehead atoms. The lowest BCUT2D eigenvalue weighted by Gasteiger charge is -2.03. The van der Waals surface area contributed by atoms with Gasteiger partial charge in [0.25, 0.3) is 0 Å². The van der Waals surface area contributed by atoms with Crippen molar-refractivity contribution in [2.45, 2.75) is 24.3 Å². The summed E-state index contributed by atoms with van der Waals surface area (Å²) in [4.78, 5) is 13.4. The van der Waals surface area contributed by atoms with Gasteiger partial charge in [0.1, 0.15) is 6.10 Å². The summed E-state index contributed by atoms with van der Waals surface area (Å²) in [6.45, 7) is 2.04. The van der Waals surface area contributed by atoms with Crippen LogP contribution in [-0.2, 0) is 14.3 Å². The van der Waals surface area contributed by atoms with Gasteiger partial charge in [-0.1, -0.05) is 29.5 Å². The van der Waals surface area contributed by atoms with Gasteiger partial charge >= 0.3 is 5.97 Å². The van der Waals surface area contributed by atoms with Gasteiger partial charge in [-0.15, -0.1) is 0 Å². The fraction of sp³-hybridized carbons (Fsp3) is 0.267. The van der Waals surface area contributed by atoms with Crippen LogP contribution in [0.2, 0.25) is 0 Å². The highest BCUT2D eigenvalue weighted by Crippen LogP contribution is 2.32. The van der Waals surface area contributed by atoms with E-state index in [0.717, 1.165) is 4.90 Å². The van der Waals surface area contributed by atoms with Gasteiger partial charge in [-0.05, 0) is 31.2 Å². The van der Waals surface area contributed by atoms with E-state index in [1.165, 1.54) is 17.3 Å². The molecule has 1 atom stereocenters. The molecule has 4 heteroatoms. The maximum absolute atomic E-state index is 11.7. The number of esters is 1. The number of aryl methyl sites for hydroxylation is 1. The first-order chi connectivity index (χ1) is 9.19. The summed E-state index contributed by atoms with van der Waals surface area (Å²) in [5.74, 6) is -0.249.